The number of aromatic nitrogens is 3. The molecule has 4 aromatic rings. The van der Waals surface area contributed by atoms with E-state index in [-0.39, 0.29) is 17.3 Å². The fraction of sp³-hybridized carbons (Fsp3) is 0.395. The number of anilines is 4. The molecule has 51 heavy (non-hydrogen) atoms. The van der Waals surface area contributed by atoms with Gasteiger partial charge in [0.15, 0.2) is 5.50 Å². The standard InChI is InChI=1S/C36H44N10OS2.C2H6/c1-23-8-7-11-29(24(23)2)22-39-35-42-33(37-20-26-9-5-4-6-10-26)41-34(43-35)38-21-27-12-14-28(15-13-27)32(47)40-30-16-18-31(19-17-30)49-46-36-45-44-25(3)48-36;1-2/h4-11,16-19,27-28,36,45-46H,12-15,20-22H2,1-3H3,(H,40,47)(H3,37,38,39,41,42,43);1-2H3. The first-order chi connectivity index (χ1) is 24.9. The van der Waals surface area contributed by atoms with Crippen LogP contribution in [-0.4, -0.2) is 37.9 Å². The van der Waals surface area contributed by atoms with Crippen molar-refractivity contribution in [1.82, 2.24) is 25.1 Å². The number of amides is 1. The second-order valence-electron chi connectivity index (χ2n) is 12.4. The van der Waals surface area contributed by atoms with Gasteiger partial charge in [-0.3, -0.25) is 10.2 Å². The molecule has 2 aliphatic rings. The van der Waals surface area contributed by atoms with Crippen LogP contribution in [0.2, 0.25) is 0 Å². The van der Waals surface area contributed by atoms with Crippen LogP contribution in [-0.2, 0) is 17.9 Å². The summed E-state index contributed by atoms with van der Waals surface area (Å²) in [5.74, 6) is 2.10. The van der Waals surface area contributed by atoms with Gasteiger partial charge in [-0.25, -0.2) is 4.72 Å². The van der Waals surface area contributed by atoms with Gasteiger partial charge < -0.3 is 21.3 Å². The lowest BCUT2D eigenvalue weighted by Gasteiger charge is -2.28. The van der Waals surface area contributed by atoms with Crippen molar-refractivity contribution >= 4 is 58.2 Å². The third kappa shape index (κ3) is 11.6. The van der Waals surface area contributed by atoms with Crippen LogP contribution >= 0.6 is 23.7 Å². The van der Waals surface area contributed by atoms with Crippen LogP contribution in [0.1, 0.15) is 68.7 Å². The van der Waals surface area contributed by atoms with E-state index in [0.29, 0.717) is 36.9 Å². The zero-order valence-electron chi connectivity index (χ0n) is 30.1. The number of aryl methyl sites for hydroxylation is 1. The number of nitrogens with one attached hydrogen (secondary N) is 6. The first kappa shape index (κ1) is 37.9. The largest absolute Gasteiger partial charge is 0.354 e. The lowest BCUT2D eigenvalue weighted by atomic mass is 9.81. The quantitative estimate of drug-likeness (QED) is 0.0702. The first-order valence-corrected chi connectivity index (χ1v) is 19.4. The van der Waals surface area contributed by atoms with Crippen molar-refractivity contribution in [3.63, 3.8) is 0 Å². The molecule has 1 aliphatic heterocycles. The van der Waals surface area contributed by atoms with Crippen LogP contribution in [0.4, 0.5) is 23.5 Å². The molecule has 1 amide bonds. The number of carbonyl (C=O) groups excluding carboxylic acids is 1. The number of rotatable bonds is 14. The Kier molecular flexibility index (Phi) is 14.4. The number of hydrogen-bond donors (Lipinski definition) is 6. The van der Waals surface area contributed by atoms with E-state index in [4.69, 9.17) is 4.98 Å². The van der Waals surface area contributed by atoms with Gasteiger partial charge in [-0.15, -0.1) is 0 Å². The molecule has 1 fully saturated rings. The Labute approximate surface area is 310 Å². The Morgan fingerprint density at radius 1 is 0.804 bits per heavy atom. The van der Waals surface area contributed by atoms with Gasteiger partial charge >= 0.3 is 0 Å². The van der Waals surface area contributed by atoms with E-state index < -0.39 is 0 Å². The topological polar surface area (TPSA) is 140 Å². The van der Waals surface area contributed by atoms with Crippen LogP contribution in [0, 0.1) is 25.7 Å². The molecule has 11 nitrogen and oxygen atoms in total. The van der Waals surface area contributed by atoms with Gasteiger partial charge in [0.1, 0.15) is 0 Å². The molecule has 0 bridgehead atoms. The van der Waals surface area contributed by atoms with Gasteiger partial charge in [0.05, 0.1) is 5.04 Å². The summed E-state index contributed by atoms with van der Waals surface area (Å²) in [6.45, 7) is 12.2. The molecule has 6 rings (SSSR count). The second kappa shape index (κ2) is 19.3. The Balaban J connectivity index is 0.00000248. The van der Waals surface area contributed by atoms with Gasteiger partial charge in [-0.1, -0.05) is 74.1 Å². The van der Waals surface area contributed by atoms with E-state index in [1.807, 2.05) is 63.2 Å². The molecule has 270 valence electrons. The Morgan fingerprint density at radius 3 is 2.14 bits per heavy atom. The maximum absolute atomic E-state index is 13.1. The zero-order chi connectivity index (χ0) is 36.0. The summed E-state index contributed by atoms with van der Waals surface area (Å²) in [4.78, 5) is 28.2. The van der Waals surface area contributed by atoms with E-state index >= 15 is 0 Å². The molecule has 13 heteroatoms. The molecule has 2 heterocycles. The maximum Gasteiger partial charge on any atom is 0.229 e. The van der Waals surface area contributed by atoms with Gasteiger partial charge in [0.25, 0.3) is 0 Å². The van der Waals surface area contributed by atoms with E-state index in [1.54, 1.807) is 11.8 Å². The average molecular weight is 727 g/mol. The minimum absolute atomic E-state index is 0.00696. The molecule has 6 N–H and O–H groups in total. The molecule has 1 aromatic heterocycles. The summed E-state index contributed by atoms with van der Waals surface area (Å²) in [5.41, 5.74) is 8.79. The van der Waals surface area contributed by atoms with E-state index in [0.717, 1.165) is 53.4 Å². The highest BCUT2D eigenvalue weighted by molar-refractivity contribution is 8.15. The zero-order valence-corrected chi connectivity index (χ0v) is 31.8. The smallest absolute Gasteiger partial charge is 0.229 e. The van der Waals surface area contributed by atoms with Gasteiger partial charge in [0.2, 0.25) is 23.8 Å². The Morgan fingerprint density at radius 2 is 1.47 bits per heavy atom. The minimum atomic E-state index is 0.00696. The Bertz CT molecular complexity index is 1730. The normalized spacial score (nSPS) is 18.1. The molecular weight excluding hydrogens is 677 g/mol. The predicted molar refractivity (Wildman–Crippen MR) is 214 cm³/mol. The van der Waals surface area contributed by atoms with Crippen molar-refractivity contribution in [2.45, 2.75) is 83.8 Å². The molecule has 3 aromatic carbocycles. The fourth-order valence-corrected chi connectivity index (χ4v) is 7.28. The SMILES string of the molecule is CC.CC1=NNC(NSc2ccc(NC(=O)C3CCC(CNc4nc(NCc5ccccc5)nc(NCc5cccc(C)c5C)n4)CC3)cc2)S1. The van der Waals surface area contributed by atoms with Crippen LogP contribution in [0.5, 0.6) is 0 Å². The molecule has 1 saturated carbocycles. The summed E-state index contributed by atoms with van der Waals surface area (Å²) in [6.07, 6.45) is 3.63. The molecule has 0 spiro atoms. The van der Waals surface area contributed by atoms with Crippen molar-refractivity contribution in [3.05, 3.63) is 95.1 Å². The number of thioether (sulfide) groups is 1. The minimum Gasteiger partial charge on any atom is -0.354 e. The van der Waals surface area contributed by atoms with Gasteiger partial charge in [-0.05, 0) is 111 Å². The van der Waals surface area contributed by atoms with Crippen molar-refractivity contribution < 1.29 is 4.79 Å². The lowest BCUT2D eigenvalue weighted by molar-refractivity contribution is -0.121. The highest BCUT2D eigenvalue weighted by Gasteiger charge is 2.26. The summed E-state index contributed by atoms with van der Waals surface area (Å²) in [6, 6.07) is 24.5. The van der Waals surface area contributed by atoms with Crippen LogP contribution in [0.25, 0.3) is 0 Å². The van der Waals surface area contributed by atoms with E-state index in [9.17, 15) is 4.79 Å². The fourth-order valence-electron chi connectivity index (χ4n) is 5.83. The maximum atomic E-state index is 13.1. The number of nitrogens with zero attached hydrogens (tertiary/aromatic N) is 4. The number of hydrogen-bond acceptors (Lipinski definition) is 12. The third-order valence-corrected chi connectivity index (χ3v) is 10.8. The van der Waals surface area contributed by atoms with Gasteiger partial charge in [0, 0.05) is 36.1 Å². The van der Waals surface area contributed by atoms with Crippen molar-refractivity contribution in [2.24, 2.45) is 16.9 Å². The first-order valence-electron chi connectivity index (χ1n) is 17.7. The summed E-state index contributed by atoms with van der Waals surface area (Å²) >= 11 is 3.19. The molecule has 1 atom stereocenters. The van der Waals surface area contributed by atoms with Crippen molar-refractivity contribution in [3.8, 4) is 0 Å². The number of carbonyl (C=O) groups is 1. The third-order valence-electron chi connectivity index (χ3n) is 8.88. The lowest BCUT2D eigenvalue weighted by Crippen LogP contribution is -2.29. The van der Waals surface area contributed by atoms with Crippen molar-refractivity contribution in [1.29, 1.82) is 0 Å². The van der Waals surface area contributed by atoms with Crippen LogP contribution < -0.4 is 31.4 Å². The average Bonchev–Trinajstić information content (AvgIpc) is 3.59. The molecule has 0 radical (unpaired) electrons. The second-order valence-corrected chi connectivity index (χ2v) is 14.7. The summed E-state index contributed by atoms with van der Waals surface area (Å²) in [7, 11) is 0. The Hall–Kier alpha value is -4.33. The van der Waals surface area contributed by atoms with Gasteiger partial charge in [-0.2, -0.15) is 20.1 Å². The van der Waals surface area contributed by atoms with Crippen LogP contribution in [0.15, 0.2) is 82.8 Å². The molecule has 1 unspecified atom stereocenters. The van der Waals surface area contributed by atoms with E-state index in [2.05, 4.69) is 90.7 Å². The molecule has 1 aliphatic carbocycles. The molecule has 0 saturated heterocycles. The van der Waals surface area contributed by atoms with Crippen molar-refractivity contribution in [2.75, 3.05) is 27.8 Å². The van der Waals surface area contributed by atoms with Crippen LogP contribution in [0.3, 0.4) is 0 Å². The molecular formula is C38H50N10OS2. The number of hydrazone groups is 1. The monoisotopic (exact) mass is 726 g/mol. The predicted octanol–water partition coefficient (Wildman–Crippen LogP) is 8.15. The highest BCUT2D eigenvalue weighted by Crippen LogP contribution is 2.30. The summed E-state index contributed by atoms with van der Waals surface area (Å²) < 4.78 is 3.34. The highest BCUT2D eigenvalue weighted by atomic mass is 32.2. The van der Waals surface area contributed by atoms with E-state index in [1.165, 1.54) is 28.6 Å². The summed E-state index contributed by atoms with van der Waals surface area (Å²) in [5, 5.41) is 18.6. The number of benzene rings is 3.